The van der Waals surface area contributed by atoms with Gasteiger partial charge in [-0.15, -0.1) is 0 Å². The number of likely N-dealkylation sites (tertiary alicyclic amines) is 1. The highest BCUT2D eigenvalue weighted by atomic mass is 16.6. The summed E-state index contributed by atoms with van der Waals surface area (Å²) < 4.78 is 11.2. The maximum atomic E-state index is 12.2. The molecule has 2 aromatic rings. The Labute approximate surface area is 184 Å². The summed E-state index contributed by atoms with van der Waals surface area (Å²) >= 11 is 0. The van der Waals surface area contributed by atoms with Gasteiger partial charge in [0, 0.05) is 56.8 Å². The van der Waals surface area contributed by atoms with Crippen molar-refractivity contribution < 1.29 is 14.3 Å². The zero-order chi connectivity index (χ0) is 22.0. The second-order valence-electron chi connectivity index (χ2n) is 9.58. The summed E-state index contributed by atoms with van der Waals surface area (Å²) in [6.45, 7) is 12.3. The van der Waals surface area contributed by atoms with Gasteiger partial charge in [-0.1, -0.05) is 6.07 Å². The number of carbonyl (C=O) groups excluding carboxylic acids is 1. The number of ether oxygens (including phenoxy) is 2. The molecule has 2 saturated heterocycles. The van der Waals surface area contributed by atoms with Gasteiger partial charge >= 0.3 is 6.09 Å². The van der Waals surface area contributed by atoms with E-state index in [1.165, 1.54) is 0 Å². The smallest absolute Gasteiger partial charge is 0.410 e. The topological polar surface area (TPSA) is 58.1 Å². The third-order valence-corrected chi connectivity index (χ3v) is 5.96. The lowest BCUT2D eigenvalue weighted by Crippen LogP contribution is -2.55. The Morgan fingerprint density at radius 2 is 1.94 bits per heavy atom. The first-order valence-electron chi connectivity index (χ1n) is 11.2. The van der Waals surface area contributed by atoms with Crippen molar-refractivity contribution in [2.75, 3.05) is 57.8 Å². The van der Waals surface area contributed by atoms with Crippen LogP contribution in [-0.4, -0.2) is 79.4 Å². The molecule has 3 heterocycles. The molecule has 168 valence electrons. The number of hydrogen-bond acceptors (Lipinski definition) is 6. The van der Waals surface area contributed by atoms with E-state index < -0.39 is 5.60 Å². The summed E-state index contributed by atoms with van der Waals surface area (Å²) in [6, 6.07) is 8.19. The fraction of sp³-hybridized carbons (Fsp3) is 0.583. The van der Waals surface area contributed by atoms with Crippen LogP contribution in [0.15, 0.2) is 30.5 Å². The van der Waals surface area contributed by atoms with Crippen LogP contribution < -0.4 is 9.64 Å². The molecular weight excluding hydrogens is 392 g/mol. The molecule has 2 aliphatic heterocycles. The van der Waals surface area contributed by atoms with Gasteiger partial charge in [0.05, 0.1) is 12.6 Å². The van der Waals surface area contributed by atoms with Crippen LogP contribution in [0.1, 0.15) is 27.2 Å². The van der Waals surface area contributed by atoms with Gasteiger partial charge in [-0.25, -0.2) is 4.79 Å². The minimum Gasteiger partial charge on any atom is -0.494 e. The van der Waals surface area contributed by atoms with Crippen LogP contribution in [0.2, 0.25) is 0 Å². The Bertz CT molecular complexity index is 921. The number of fused-ring (bicyclic) bond motifs is 1. The lowest BCUT2D eigenvalue weighted by molar-refractivity contribution is -0.00602. The molecule has 0 spiro atoms. The molecule has 1 aromatic heterocycles. The van der Waals surface area contributed by atoms with Crippen molar-refractivity contribution in [3.05, 3.63) is 30.5 Å². The van der Waals surface area contributed by atoms with Gasteiger partial charge in [0.1, 0.15) is 17.0 Å². The summed E-state index contributed by atoms with van der Waals surface area (Å²) in [5.74, 6) is 1.40. The molecule has 1 amide bonds. The van der Waals surface area contributed by atoms with Crippen LogP contribution in [0.4, 0.5) is 10.5 Å². The maximum absolute atomic E-state index is 12.2. The Hall–Kier alpha value is -2.54. The third kappa shape index (κ3) is 5.03. The second-order valence-corrected chi connectivity index (χ2v) is 9.58. The second kappa shape index (κ2) is 8.91. The monoisotopic (exact) mass is 426 g/mol. The number of nitrogens with zero attached hydrogens (tertiary/aromatic N) is 4. The highest BCUT2D eigenvalue weighted by Gasteiger charge is 2.35. The normalized spacial score (nSPS) is 18.6. The lowest BCUT2D eigenvalue weighted by atomic mass is 10.00. The Morgan fingerprint density at radius 1 is 1.13 bits per heavy atom. The predicted molar refractivity (Wildman–Crippen MR) is 123 cm³/mol. The van der Waals surface area contributed by atoms with Crippen LogP contribution in [0.25, 0.3) is 10.9 Å². The summed E-state index contributed by atoms with van der Waals surface area (Å²) in [7, 11) is 1.73. The summed E-state index contributed by atoms with van der Waals surface area (Å²) in [5, 5.41) is 1.14. The fourth-order valence-electron chi connectivity index (χ4n) is 4.48. The minimum absolute atomic E-state index is 0.193. The zero-order valence-corrected chi connectivity index (χ0v) is 19.1. The van der Waals surface area contributed by atoms with Crippen molar-refractivity contribution in [1.29, 1.82) is 0 Å². The summed E-state index contributed by atoms with van der Waals surface area (Å²) in [6.07, 6.45) is 2.75. The number of pyridine rings is 1. The molecule has 0 unspecified atom stereocenters. The first kappa shape index (κ1) is 21.7. The fourth-order valence-corrected chi connectivity index (χ4v) is 4.48. The predicted octanol–water partition coefficient (Wildman–Crippen LogP) is 3.62. The van der Waals surface area contributed by atoms with Crippen LogP contribution in [0.5, 0.6) is 5.75 Å². The van der Waals surface area contributed by atoms with Crippen molar-refractivity contribution in [2.24, 2.45) is 5.92 Å². The van der Waals surface area contributed by atoms with Gasteiger partial charge in [0.2, 0.25) is 0 Å². The Kier molecular flexibility index (Phi) is 6.23. The molecule has 7 nitrogen and oxygen atoms in total. The molecule has 0 N–H and O–H groups in total. The van der Waals surface area contributed by atoms with E-state index in [4.69, 9.17) is 9.47 Å². The average molecular weight is 427 g/mol. The molecule has 0 aliphatic carbocycles. The highest BCUT2D eigenvalue weighted by Crippen LogP contribution is 2.35. The number of benzene rings is 1. The van der Waals surface area contributed by atoms with E-state index >= 15 is 0 Å². The number of rotatable bonds is 4. The number of methoxy groups -OCH3 is 1. The van der Waals surface area contributed by atoms with E-state index in [2.05, 4.69) is 26.9 Å². The quantitative estimate of drug-likeness (QED) is 0.744. The van der Waals surface area contributed by atoms with Crippen molar-refractivity contribution in [3.63, 3.8) is 0 Å². The van der Waals surface area contributed by atoms with Gasteiger partial charge in [0.15, 0.2) is 0 Å². The van der Waals surface area contributed by atoms with Crippen LogP contribution in [0.3, 0.4) is 0 Å². The molecule has 31 heavy (non-hydrogen) atoms. The molecule has 0 saturated carbocycles. The molecule has 4 rings (SSSR count). The lowest BCUT2D eigenvalue weighted by Gasteiger charge is -2.41. The molecular formula is C24H34N4O3. The van der Waals surface area contributed by atoms with E-state index in [9.17, 15) is 4.79 Å². The molecule has 2 fully saturated rings. The van der Waals surface area contributed by atoms with Crippen molar-refractivity contribution in [1.82, 2.24) is 14.8 Å². The Morgan fingerprint density at radius 3 is 2.68 bits per heavy atom. The van der Waals surface area contributed by atoms with Crippen molar-refractivity contribution in [2.45, 2.75) is 32.8 Å². The molecule has 2 aliphatic rings. The zero-order valence-electron chi connectivity index (χ0n) is 19.1. The number of aromatic nitrogens is 1. The van der Waals surface area contributed by atoms with Crippen LogP contribution in [0, 0.1) is 5.92 Å². The third-order valence-electron chi connectivity index (χ3n) is 5.96. The standard InChI is InChI=1S/C24H34N4O3/c1-24(2,3)31-23(29)28-16-18(17-28)15-26-11-6-12-27(14-13-26)22-20(30-4)9-8-19-7-5-10-25-21(19)22/h5,7-10,18H,6,11-17H2,1-4H3. The van der Waals surface area contributed by atoms with Crippen molar-refractivity contribution >= 4 is 22.7 Å². The minimum atomic E-state index is -0.437. The Balaban J connectivity index is 1.35. The highest BCUT2D eigenvalue weighted by molar-refractivity contribution is 5.94. The van der Waals surface area contributed by atoms with Gasteiger partial charge in [0.25, 0.3) is 0 Å². The van der Waals surface area contributed by atoms with Gasteiger partial charge in [-0.05, 0) is 51.9 Å². The number of hydrogen-bond donors (Lipinski definition) is 0. The molecule has 1 aromatic carbocycles. The van der Waals surface area contributed by atoms with Gasteiger partial charge in [-0.2, -0.15) is 0 Å². The largest absolute Gasteiger partial charge is 0.494 e. The van der Waals surface area contributed by atoms with Crippen molar-refractivity contribution in [3.8, 4) is 5.75 Å². The average Bonchev–Trinajstić information content (AvgIpc) is 2.93. The molecule has 0 bridgehead atoms. The summed E-state index contributed by atoms with van der Waals surface area (Å²) in [5.41, 5.74) is 1.66. The first-order valence-corrected chi connectivity index (χ1v) is 11.2. The van der Waals surface area contributed by atoms with E-state index in [1.807, 2.05) is 44.0 Å². The van der Waals surface area contributed by atoms with E-state index in [0.29, 0.717) is 5.92 Å². The van der Waals surface area contributed by atoms with Gasteiger partial charge < -0.3 is 24.2 Å². The SMILES string of the molecule is COc1ccc2cccnc2c1N1CCCN(CC2CN(C(=O)OC(C)(C)C)C2)CC1. The first-order chi connectivity index (χ1) is 14.8. The molecule has 0 atom stereocenters. The van der Waals surface area contributed by atoms with E-state index in [1.54, 1.807) is 7.11 Å². The van der Waals surface area contributed by atoms with E-state index in [-0.39, 0.29) is 6.09 Å². The molecule has 7 heteroatoms. The number of anilines is 1. The van der Waals surface area contributed by atoms with Crippen LogP contribution >= 0.6 is 0 Å². The summed E-state index contributed by atoms with van der Waals surface area (Å²) in [4.78, 5) is 23.6. The van der Waals surface area contributed by atoms with Crippen LogP contribution in [-0.2, 0) is 4.74 Å². The van der Waals surface area contributed by atoms with Gasteiger partial charge in [-0.3, -0.25) is 4.98 Å². The van der Waals surface area contributed by atoms with E-state index in [0.717, 1.165) is 74.6 Å². The molecule has 0 radical (unpaired) electrons. The number of carbonyl (C=O) groups is 1. The number of amides is 1. The maximum Gasteiger partial charge on any atom is 0.410 e.